The highest BCUT2D eigenvalue weighted by molar-refractivity contribution is 5.81. The molecule has 1 aliphatic heterocycles. The standard InChI is InChI=1S/C15H23N3O5/c1-10(2)12(14(19)18-5-7-22-8-6-18)23-15-16-9-11(20-3)13(17-15)21-4/h9-10,12H,5-8H2,1-4H3. The predicted molar refractivity (Wildman–Crippen MR) is 81.8 cm³/mol. The molecular formula is C15H23N3O5. The van der Waals surface area contributed by atoms with Gasteiger partial charge in [-0.15, -0.1) is 0 Å². The van der Waals surface area contributed by atoms with Crippen molar-refractivity contribution in [2.45, 2.75) is 20.0 Å². The Morgan fingerprint density at radius 1 is 1.26 bits per heavy atom. The molecular weight excluding hydrogens is 302 g/mol. The smallest absolute Gasteiger partial charge is 0.320 e. The van der Waals surface area contributed by atoms with E-state index < -0.39 is 6.10 Å². The first-order valence-corrected chi connectivity index (χ1v) is 7.55. The van der Waals surface area contributed by atoms with Gasteiger partial charge >= 0.3 is 6.01 Å². The first-order chi connectivity index (χ1) is 11.1. The van der Waals surface area contributed by atoms with Gasteiger partial charge in [0.25, 0.3) is 11.8 Å². The van der Waals surface area contributed by atoms with Crippen LogP contribution in [0.25, 0.3) is 0 Å². The molecule has 1 aliphatic rings. The highest BCUT2D eigenvalue weighted by Gasteiger charge is 2.31. The van der Waals surface area contributed by atoms with E-state index in [4.69, 9.17) is 18.9 Å². The summed E-state index contributed by atoms with van der Waals surface area (Å²) in [7, 11) is 2.98. The molecule has 1 atom stereocenters. The van der Waals surface area contributed by atoms with Gasteiger partial charge in [0.05, 0.1) is 33.6 Å². The molecule has 2 heterocycles. The lowest BCUT2D eigenvalue weighted by molar-refractivity contribution is -0.145. The summed E-state index contributed by atoms with van der Waals surface area (Å²) in [6.07, 6.45) is 0.795. The Morgan fingerprint density at radius 3 is 2.52 bits per heavy atom. The van der Waals surface area contributed by atoms with Gasteiger partial charge in [-0.1, -0.05) is 13.8 Å². The molecule has 0 aromatic carbocycles. The average molecular weight is 325 g/mol. The highest BCUT2D eigenvalue weighted by Crippen LogP contribution is 2.25. The summed E-state index contributed by atoms with van der Waals surface area (Å²) >= 11 is 0. The number of morpholine rings is 1. The number of carbonyl (C=O) groups is 1. The third-order valence-corrected chi connectivity index (χ3v) is 3.52. The van der Waals surface area contributed by atoms with Gasteiger partial charge in [0.1, 0.15) is 0 Å². The summed E-state index contributed by atoms with van der Waals surface area (Å²) in [5, 5.41) is 0. The zero-order valence-electron chi connectivity index (χ0n) is 13.9. The van der Waals surface area contributed by atoms with Crippen LogP contribution >= 0.6 is 0 Å². The van der Waals surface area contributed by atoms with Crippen molar-refractivity contribution in [3.05, 3.63) is 6.20 Å². The molecule has 1 aromatic rings. The van der Waals surface area contributed by atoms with Crippen LogP contribution < -0.4 is 14.2 Å². The molecule has 1 saturated heterocycles. The Bertz CT molecular complexity index is 532. The van der Waals surface area contributed by atoms with E-state index in [1.807, 2.05) is 13.8 Å². The maximum absolute atomic E-state index is 12.7. The second kappa shape index (κ2) is 7.96. The summed E-state index contributed by atoms with van der Waals surface area (Å²) < 4.78 is 21.2. The zero-order chi connectivity index (χ0) is 16.8. The summed E-state index contributed by atoms with van der Waals surface area (Å²) in [6.45, 7) is 6.07. The predicted octanol–water partition coefficient (Wildman–Crippen LogP) is 0.756. The maximum atomic E-state index is 12.7. The molecule has 0 saturated carbocycles. The van der Waals surface area contributed by atoms with Gasteiger partial charge in [0.15, 0.2) is 11.9 Å². The van der Waals surface area contributed by atoms with Crippen LogP contribution in [0.3, 0.4) is 0 Å². The third-order valence-electron chi connectivity index (χ3n) is 3.52. The largest absolute Gasteiger partial charge is 0.490 e. The van der Waals surface area contributed by atoms with Crippen molar-refractivity contribution in [1.29, 1.82) is 0 Å². The first-order valence-electron chi connectivity index (χ1n) is 7.55. The van der Waals surface area contributed by atoms with Crippen molar-refractivity contribution in [1.82, 2.24) is 14.9 Å². The number of aromatic nitrogens is 2. The Kier molecular flexibility index (Phi) is 5.97. The maximum Gasteiger partial charge on any atom is 0.320 e. The third kappa shape index (κ3) is 4.22. The van der Waals surface area contributed by atoms with Gasteiger partial charge < -0.3 is 23.8 Å². The number of rotatable bonds is 6. The van der Waals surface area contributed by atoms with E-state index >= 15 is 0 Å². The highest BCUT2D eigenvalue weighted by atomic mass is 16.5. The molecule has 23 heavy (non-hydrogen) atoms. The lowest BCUT2D eigenvalue weighted by Gasteiger charge is -2.31. The van der Waals surface area contributed by atoms with E-state index in [0.29, 0.717) is 32.1 Å². The number of hydrogen-bond acceptors (Lipinski definition) is 7. The van der Waals surface area contributed by atoms with Crippen molar-refractivity contribution in [3.8, 4) is 17.6 Å². The zero-order valence-corrected chi connectivity index (χ0v) is 13.9. The van der Waals surface area contributed by atoms with Crippen LogP contribution in [0.5, 0.6) is 17.6 Å². The molecule has 128 valence electrons. The van der Waals surface area contributed by atoms with Crippen LogP contribution in [0.2, 0.25) is 0 Å². The van der Waals surface area contributed by atoms with E-state index in [1.165, 1.54) is 20.4 Å². The molecule has 0 N–H and O–H groups in total. The number of carbonyl (C=O) groups excluding carboxylic acids is 1. The van der Waals surface area contributed by atoms with Crippen LogP contribution in [0.1, 0.15) is 13.8 Å². The molecule has 0 radical (unpaired) electrons. The van der Waals surface area contributed by atoms with Crippen molar-refractivity contribution < 1.29 is 23.7 Å². The van der Waals surface area contributed by atoms with E-state index in [1.54, 1.807) is 4.90 Å². The summed E-state index contributed by atoms with van der Waals surface area (Å²) in [5.74, 6) is 0.558. The van der Waals surface area contributed by atoms with Crippen molar-refractivity contribution >= 4 is 5.91 Å². The second-order valence-corrected chi connectivity index (χ2v) is 5.45. The first kappa shape index (κ1) is 17.3. The molecule has 0 bridgehead atoms. The summed E-state index contributed by atoms with van der Waals surface area (Å²) in [6, 6.07) is 0.0861. The minimum Gasteiger partial charge on any atom is -0.490 e. The topological polar surface area (TPSA) is 83.0 Å². The molecule has 1 aromatic heterocycles. The molecule has 0 aliphatic carbocycles. The van der Waals surface area contributed by atoms with E-state index in [0.717, 1.165) is 0 Å². The monoisotopic (exact) mass is 325 g/mol. The summed E-state index contributed by atoms with van der Waals surface area (Å²) in [5.41, 5.74) is 0. The van der Waals surface area contributed by atoms with Crippen molar-refractivity contribution in [2.75, 3.05) is 40.5 Å². The number of amides is 1. The van der Waals surface area contributed by atoms with Crippen molar-refractivity contribution in [3.63, 3.8) is 0 Å². The number of nitrogens with zero attached hydrogens (tertiary/aromatic N) is 3. The fourth-order valence-electron chi connectivity index (χ4n) is 2.23. The van der Waals surface area contributed by atoms with E-state index in [-0.39, 0.29) is 23.7 Å². The molecule has 0 spiro atoms. The second-order valence-electron chi connectivity index (χ2n) is 5.45. The molecule has 8 heteroatoms. The molecule has 8 nitrogen and oxygen atoms in total. The summed E-state index contributed by atoms with van der Waals surface area (Å²) in [4.78, 5) is 22.6. The fraction of sp³-hybridized carbons (Fsp3) is 0.667. The van der Waals surface area contributed by atoms with E-state index in [9.17, 15) is 4.79 Å². The molecule has 2 rings (SSSR count). The van der Waals surface area contributed by atoms with Crippen LogP contribution in [0, 0.1) is 5.92 Å². The van der Waals surface area contributed by atoms with E-state index in [2.05, 4.69) is 9.97 Å². The Balaban J connectivity index is 2.14. The minimum absolute atomic E-state index is 0.0259. The van der Waals surface area contributed by atoms with Crippen LogP contribution in [0.15, 0.2) is 6.20 Å². The van der Waals surface area contributed by atoms with Gasteiger partial charge in [0.2, 0.25) is 0 Å². The quantitative estimate of drug-likeness (QED) is 0.763. The van der Waals surface area contributed by atoms with Gasteiger partial charge in [-0.05, 0) is 5.92 Å². The average Bonchev–Trinajstić information content (AvgIpc) is 2.59. The van der Waals surface area contributed by atoms with Crippen LogP contribution in [-0.4, -0.2) is 67.4 Å². The molecule has 1 amide bonds. The van der Waals surface area contributed by atoms with Gasteiger partial charge in [0, 0.05) is 13.1 Å². The normalized spacial score (nSPS) is 16.1. The van der Waals surface area contributed by atoms with Crippen molar-refractivity contribution in [2.24, 2.45) is 5.92 Å². The Hall–Kier alpha value is -2.09. The number of ether oxygens (including phenoxy) is 4. The van der Waals surface area contributed by atoms with Crippen LogP contribution in [0.4, 0.5) is 0 Å². The molecule has 1 fully saturated rings. The van der Waals surface area contributed by atoms with Gasteiger partial charge in [-0.3, -0.25) is 4.79 Å². The van der Waals surface area contributed by atoms with Crippen LogP contribution in [-0.2, 0) is 9.53 Å². The Morgan fingerprint density at radius 2 is 1.96 bits per heavy atom. The number of hydrogen-bond donors (Lipinski definition) is 0. The SMILES string of the molecule is COc1cnc(OC(C(=O)N2CCOCC2)C(C)C)nc1OC. The van der Waals surface area contributed by atoms with Gasteiger partial charge in [-0.25, -0.2) is 0 Å². The minimum atomic E-state index is -0.661. The fourth-order valence-corrected chi connectivity index (χ4v) is 2.23. The van der Waals surface area contributed by atoms with Gasteiger partial charge in [-0.2, -0.15) is 9.97 Å². The Labute approximate surface area is 135 Å². The number of methoxy groups -OCH3 is 2. The lowest BCUT2D eigenvalue weighted by Crippen LogP contribution is -2.49. The lowest BCUT2D eigenvalue weighted by atomic mass is 10.1. The molecule has 1 unspecified atom stereocenters.